The van der Waals surface area contributed by atoms with Gasteiger partial charge in [0.15, 0.2) is 5.13 Å². The maximum absolute atomic E-state index is 12.6. The molecule has 0 aliphatic carbocycles. The summed E-state index contributed by atoms with van der Waals surface area (Å²) in [6.07, 6.45) is 3.38. The monoisotopic (exact) mass is 443 g/mol. The SMILES string of the molecule is O=C(CCN1C(=O)/C(=C/c2cccc(Cl)c2Cl)SC1=S)Nc1nccs1. The summed E-state index contributed by atoms with van der Waals surface area (Å²) in [6.45, 7) is 0.197. The van der Waals surface area contributed by atoms with Crippen LogP contribution in [0.1, 0.15) is 12.0 Å². The summed E-state index contributed by atoms with van der Waals surface area (Å²) in [7, 11) is 0. The first-order chi connectivity index (χ1) is 12.5. The van der Waals surface area contributed by atoms with Crippen molar-refractivity contribution in [3.05, 3.63) is 50.3 Å². The summed E-state index contributed by atoms with van der Waals surface area (Å²) in [5.74, 6) is -0.478. The Morgan fingerprint density at radius 2 is 2.19 bits per heavy atom. The number of rotatable bonds is 5. The minimum atomic E-state index is -0.252. The van der Waals surface area contributed by atoms with Crippen molar-refractivity contribution in [2.45, 2.75) is 6.42 Å². The standard InChI is InChI=1S/C16H11Cl2N3O2S3/c17-10-3-1-2-9(13(10)18)8-11-14(23)21(16(24)26-11)6-4-12(22)20-15-19-5-7-25-15/h1-3,5,7-8H,4,6H2,(H,19,20,22)/b11-8-. The summed E-state index contributed by atoms with van der Waals surface area (Å²) in [5.41, 5.74) is 0.640. The van der Waals surface area contributed by atoms with Crippen LogP contribution in [-0.2, 0) is 9.59 Å². The minimum Gasteiger partial charge on any atom is -0.302 e. The molecule has 2 aromatic rings. The van der Waals surface area contributed by atoms with Crippen molar-refractivity contribution < 1.29 is 9.59 Å². The number of carbonyl (C=O) groups is 2. The predicted octanol–water partition coefficient (Wildman–Crippen LogP) is 4.68. The average molecular weight is 444 g/mol. The molecule has 1 aromatic carbocycles. The molecule has 10 heteroatoms. The van der Waals surface area contributed by atoms with Crippen molar-refractivity contribution in [2.24, 2.45) is 0 Å². The zero-order valence-electron chi connectivity index (χ0n) is 13.1. The van der Waals surface area contributed by atoms with Gasteiger partial charge < -0.3 is 5.32 Å². The number of carbonyl (C=O) groups excluding carboxylic acids is 2. The van der Waals surface area contributed by atoms with Crippen molar-refractivity contribution in [1.29, 1.82) is 0 Å². The van der Waals surface area contributed by atoms with E-state index < -0.39 is 0 Å². The van der Waals surface area contributed by atoms with Gasteiger partial charge in [0.05, 0.1) is 15.0 Å². The van der Waals surface area contributed by atoms with E-state index in [4.69, 9.17) is 35.4 Å². The molecule has 3 rings (SSSR count). The van der Waals surface area contributed by atoms with Gasteiger partial charge in [-0.2, -0.15) is 0 Å². The van der Waals surface area contributed by atoms with Crippen molar-refractivity contribution in [2.75, 3.05) is 11.9 Å². The number of nitrogens with one attached hydrogen (secondary N) is 1. The lowest BCUT2D eigenvalue weighted by Crippen LogP contribution is -2.31. The Bertz CT molecular complexity index is 900. The molecule has 1 fully saturated rings. The number of hydrogen-bond acceptors (Lipinski definition) is 6. The predicted molar refractivity (Wildman–Crippen MR) is 112 cm³/mol. The lowest BCUT2D eigenvalue weighted by Gasteiger charge is -2.13. The zero-order chi connectivity index (χ0) is 18.7. The van der Waals surface area contributed by atoms with Gasteiger partial charge in [0.2, 0.25) is 5.91 Å². The molecule has 1 N–H and O–H groups in total. The zero-order valence-corrected chi connectivity index (χ0v) is 17.0. The largest absolute Gasteiger partial charge is 0.302 e. The number of halogens is 2. The number of benzene rings is 1. The van der Waals surface area contributed by atoms with Crippen LogP contribution in [0.2, 0.25) is 10.0 Å². The van der Waals surface area contributed by atoms with Gasteiger partial charge in [-0.05, 0) is 17.7 Å². The number of thiocarbonyl (C=S) groups is 1. The average Bonchev–Trinajstić information content (AvgIpc) is 3.19. The summed E-state index contributed by atoms with van der Waals surface area (Å²) < 4.78 is 0.404. The third kappa shape index (κ3) is 4.44. The highest BCUT2D eigenvalue weighted by Crippen LogP contribution is 2.35. The molecule has 0 unspecified atom stereocenters. The number of anilines is 1. The van der Waals surface area contributed by atoms with E-state index in [0.29, 0.717) is 30.0 Å². The van der Waals surface area contributed by atoms with Crippen LogP contribution in [0.25, 0.3) is 6.08 Å². The lowest BCUT2D eigenvalue weighted by atomic mass is 10.2. The van der Waals surface area contributed by atoms with E-state index in [2.05, 4.69) is 10.3 Å². The fourth-order valence-electron chi connectivity index (χ4n) is 2.15. The van der Waals surface area contributed by atoms with Gasteiger partial charge in [-0.1, -0.05) is 59.3 Å². The van der Waals surface area contributed by atoms with Crippen LogP contribution in [0.15, 0.2) is 34.7 Å². The Balaban J connectivity index is 1.66. The maximum Gasteiger partial charge on any atom is 0.266 e. The smallest absolute Gasteiger partial charge is 0.266 e. The second-order valence-corrected chi connectivity index (χ2v) is 8.47. The fraction of sp³-hybridized carbons (Fsp3) is 0.125. The normalized spacial score (nSPS) is 15.8. The Morgan fingerprint density at radius 1 is 1.38 bits per heavy atom. The number of hydrogen-bond donors (Lipinski definition) is 1. The van der Waals surface area contributed by atoms with Crippen LogP contribution in [0, 0.1) is 0 Å². The third-order valence-corrected chi connectivity index (χ3v) is 6.28. The van der Waals surface area contributed by atoms with E-state index >= 15 is 0 Å². The Labute approximate surface area is 173 Å². The topological polar surface area (TPSA) is 62.3 Å². The molecule has 1 aromatic heterocycles. The molecule has 0 bridgehead atoms. The van der Waals surface area contributed by atoms with Crippen LogP contribution in [0.5, 0.6) is 0 Å². The molecule has 0 saturated carbocycles. The number of aromatic nitrogens is 1. The molecule has 0 spiro atoms. The highest BCUT2D eigenvalue weighted by molar-refractivity contribution is 8.26. The van der Waals surface area contributed by atoms with Crippen LogP contribution >= 0.6 is 58.5 Å². The first-order valence-corrected chi connectivity index (χ1v) is 10.2. The van der Waals surface area contributed by atoms with Crippen molar-refractivity contribution >= 4 is 85.9 Å². The van der Waals surface area contributed by atoms with E-state index in [1.165, 1.54) is 28.0 Å². The first-order valence-electron chi connectivity index (χ1n) is 7.34. The molecule has 134 valence electrons. The number of amides is 2. The van der Waals surface area contributed by atoms with E-state index in [-0.39, 0.29) is 24.8 Å². The van der Waals surface area contributed by atoms with E-state index in [1.54, 1.807) is 35.9 Å². The first kappa shape index (κ1) is 19.3. The summed E-state index contributed by atoms with van der Waals surface area (Å²) in [4.78, 5) is 30.4. The Kier molecular flexibility index (Phi) is 6.31. The summed E-state index contributed by atoms with van der Waals surface area (Å²) in [5, 5.41) is 5.75. The molecule has 0 atom stereocenters. The molecule has 5 nitrogen and oxygen atoms in total. The lowest BCUT2D eigenvalue weighted by molar-refractivity contribution is -0.122. The Hall–Kier alpha value is -1.45. The van der Waals surface area contributed by atoms with E-state index in [9.17, 15) is 9.59 Å². The highest BCUT2D eigenvalue weighted by Gasteiger charge is 2.32. The summed E-state index contributed by atoms with van der Waals surface area (Å²) in [6, 6.07) is 5.19. The third-order valence-electron chi connectivity index (χ3n) is 3.38. The molecular formula is C16H11Cl2N3O2S3. The van der Waals surface area contributed by atoms with E-state index in [1.807, 2.05) is 0 Å². The second-order valence-electron chi connectivity index (χ2n) is 5.11. The molecule has 2 amide bonds. The van der Waals surface area contributed by atoms with Gasteiger partial charge in [-0.3, -0.25) is 14.5 Å². The molecule has 2 heterocycles. The maximum atomic E-state index is 12.6. The van der Waals surface area contributed by atoms with E-state index in [0.717, 1.165) is 0 Å². The second kappa shape index (κ2) is 8.49. The van der Waals surface area contributed by atoms with Crippen LogP contribution < -0.4 is 5.32 Å². The molecule has 1 aliphatic heterocycles. The van der Waals surface area contributed by atoms with Crippen molar-refractivity contribution in [3.63, 3.8) is 0 Å². The Morgan fingerprint density at radius 3 is 2.92 bits per heavy atom. The van der Waals surface area contributed by atoms with Gasteiger partial charge in [0.25, 0.3) is 5.91 Å². The van der Waals surface area contributed by atoms with Gasteiger partial charge in [0.1, 0.15) is 4.32 Å². The quantitative estimate of drug-likeness (QED) is 0.536. The number of nitrogens with zero attached hydrogens (tertiary/aromatic N) is 2. The molecule has 1 saturated heterocycles. The summed E-state index contributed by atoms with van der Waals surface area (Å²) >= 11 is 19.9. The van der Waals surface area contributed by atoms with Crippen molar-refractivity contribution in [3.8, 4) is 0 Å². The fourth-order valence-corrected chi connectivity index (χ4v) is 4.35. The van der Waals surface area contributed by atoms with Crippen LogP contribution in [0.4, 0.5) is 5.13 Å². The number of thioether (sulfide) groups is 1. The number of thiazole rings is 1. The molecule has 26 heavy (non-hydrogen) atoms. The van der Waals surface area contributed by atoms with Gasteiger partial charge in [0, 0.05) is 24.5 Å². The highest BCUT2D eigenvalue weighted by atomic mass is 35.5. The van der Waals surface area contributed by atoms with Gasteiger partial charge in [-0.15, -0.1) is 11.3 Å². The van der Waals surface area contributed by atoms with Crippen LogP contribution in [0.3, 0.4) is 0 Å². The van der Waals surface area contributed by atoms with Gasteiger partial charge in [-0.25, -0.2) is 4.98 Å². The minimum absolute atomic E-state index is 0.122. The molecule has 1 aliphatic rings. The van der Waals surface area contributed by atoms with Crippen LogP contribution in [-0.4, -0.2) is 32.6 Å². The molecule has 0 radical (unpaired) electrons. The molecular weight excluding hydrogens is 433 g/mol. The van der Waals surface area contributed by atoms with Gasteiger partial charge >= 0.3 is 0 Å². The van der Waals surface area contributed by atoms with Crippen molar-refractivity contribution in [1.82, 2.24) is 9.88 Å².